The van der Waals surface area contributed by atoms with Crippen molar-refractivity contribution in [1.82, 2.24) is 0 Å². The smallest absolute Gasteiger partial charge is 0.0133 e. The highest BCUT2D eigenvalue weighted by Crippen LogP contribution is 2.19. The van der Waals surface area contributed by atoms with E-state index in [1.54, 1.807) is 0 Å². The molecule has 1 aliphatic rings. The summed E-state index contributed by atoms with van der Waals surface area (Å²) in [5, 5.41) is 7.33. The molecule has 1 fully saturated rings. The molecule has 1 atom stereocenters. The summed E-state index contributed by atoms with van der Waals surface area (Å²) in [7, 11) is 0. The van der Waals surface area contributed by atoms with Crippen molar-refractivity contribution in [3.8, 4) is 0 Å². The Morgan fingerprint density at radius 1 is 1.75 bits per heavy atom. The average Bonchev–Trinajstić information content (AvgIpc) is 2.14. The second kappa shape index (κ2) is 2.27. The molecule has 0 spiro atoms. The molecule has 1 aliphatic carbocycles. The summed E-state index contributed by atoms with van der Waals surface area (Å²) >= 11 is 0. The van der Waals surface area contributed by atoms with Crippen molar-refractivity contribution in [2.45, 2.75) is 19.3 Å². The van der Waals surface area contributed by atoms with Crippen molar-refractivity contribution < 1.29 is 0 Å². The molecule has 0 heterocycles. The van der Waals surface area contributed by atoms with Gasteiger partial charge >= 0.3 is 0 Å². The van der Waals surface area contributed by atoms with Crippen molar-refractivity contribution >= 4 is 5.71 Å². The van der Waals surface area contributed by atoms with Crippen LogP contribution < -0.4 is 5.73 Å². The number of rotatable bonds is 1. The van der Waals surface area contributed by atoms with E-state index in [2.05, 4.69) is 0 Å². The van der Waals surface area contributed by atoms with E-state index >= 15 is 0 Å². The first-order valence-corrected chi connectivity index (χ1v) is 3.12. The van der Waals surface area contributed by atoms with E-state index in [9.17, 15) is 0 Å². The van der Waals surface area contributed by atoms with Gasteiger partial charge in [-0.3, -0.25) is 0 Å². The number of hydrogen-bond donors (Lipinski definition) is 2. The Morgan fingerprint density at radius 2 is 2.50 bits per heavy atom. The van der Waals surface area contributed by atoms with Gasteiger partial charge in [0.25, 0.3) is 0 Å². The summed E-state index contributed by atoms with van der Waals surface area (Å²) in [6.45, 7) is 0.679. The van der Waals surface area contributed by atoms with Gasteiger partial charge in [-0.05, 0) is 19.3 Å². The fourth-order valence-electron chi connectivity index (χ4n) is 1.18. The van der Waals surface area contributed by atoms with Gasteiger partial charge in [0.2, 0.25) is 0 Å². The van der Waals surface area contributed by atoms with E-state index in [4.69, 9.17) is 11.1 Å². The van der Waals surface area contributed by atoms with Crippen molar-refractivity contribution in [1.29, 1.82) is 5.41 Å². The minimum absolute atomic E-state index is 0.426. The summed E-state index contributed by atoms with van der Waals surface area (Å²) in [5.74, 6) is 0.426. The zero-order valence-corrected chi connectivity index (χ0v) is 4.98. The summed E-state index contributed by atoms with van der Waals surface area (Å²) in [6.07, 6.45) is 3.32. The quantitative estimate of drug-likeness (QED) is 0.517. The van der Waals surface area contributed by atoms with Crippen LogP contribution in [0, 0.1) is 11.3 Å². The van der Waals surface area contributed by atoms with Gasteiger partial charge in [-0.25, -0.2) is 0 Å². The van der Waals surface area contributed by atoms with Crippen LogP contribution >= 0.6 is 0 Å². The molecule has 0 amide bonds. The minimum Gasteiger partial charge on any atom is -0.330 e. The van der Waals surface area contributed by atoms with E-state index in [1.165, 1.54) is 6.42 Å². The summed E-state index contributed by atoms with van der Waals surface area (Å²) in [5.41, 5.74) is 6.25. The maximum atomic E-state index is 7.33. The van der Waals surface area contributed by atoms with Crippen LogP contribution in [0.5, 0.6) is 0 Å². The molecule has 1 unspecified atom stereocenters. The topological polar surface area (TPSA) is 49.9 Å². The fraction of sp³-hybridized carbons (Fsp3) is 0.833. The minimum atomic E-state index is 0.426. The Balaban J connectivity index is 2.42. The molecule has 46 valence electrons. The van der Waals surface area contributed by atoms with Gasteiger partial charge in [0.1, 0.15) is 0 Å². The lowest BCUT2D eigenvalue weighted by Gasteiger charge is -2.02. The zero-order chi connectivity index (χ0) is 5.98. The maximum absolute atomic E-state index is 7.33. The van der Waals surface area contributed by atoms with Gasteiger partial charge in [-0.1, -0.05) is 0 Å². The van der Waals surface area contributed by atoms with E-state index in [1.807, 2.05) is 0 Å². The molecule has 8 heavy (non-hydrogen) atoms. The Morgan fingerprint density at radius 3 is 2.75 bits per heavy atom. The van der Waals surface area contributed by atoms with Gasteiger partial charge in [0, 0.05) is 18.2 Å². The highest BCUT2D eigenvalue weighted by Gasteiger charge is 2.18. The molecule has 0 aromatic heterocycles. The molecule has 1 saturated carbocycles. The molecule has 0 bridgehead atoms. The van der Waals surface area contributed by atoms with Crippen LogP contribution in [0.2, 0.25) is 0 Å². The predicted octanol–water partition coefficient (Wildman–Crippen LogP) is 0.765. The Bertz CT molecular complexity index is 98.7. The number of nitrogens with one attached hydrogen (secondary N) is 1. The van der Waals surface area contributed by atoms with Gasteiger partial charge in [-0.2, -0.15) is 0 Å². The lowest BCUT2D eigenvalue weighted by molar-refractivity contribution is 0.673. The van der Waals surface area contributed by atoms with Crippen LogP contribution in [0.3, 0.4) is 0 Å². The highest BCUT2D eigenvalue weighted by atomic mass is 14.6. The molecule has 0 aliphatic heterocycles. The molecule has 2 heteroatoms. The molecule has 0 radical (unpaired) electrons. The Hall–Kier alpha value is -0.370. The largest absolute Gasteiger partial charge is 0.330 e. The Labute approximate surface area is 49.6 Å². The van der Waals surface area contributed by atoms with Crippen molar-refractivity contribution in [3.05, 3.63) is 0 Å². The van der Waals surface area contributed by atoms with Gasteiger partial charge in [-0.15, -0.1) is 0 Å². The molecular formula is C6H12N2. The van der Waals surface area contributed by atoms with Crippen molar-refractivity contribution in [2.75, 3.05) is 6.54 Å². The standard InChI is InChI=1S/C6H12N2/c7-4-5-2-1-3-6(5)8/h5,8H,1-4,7H2. The van der Waals surface area contributed by atoms with Crippen LogP contribution in [0.1, 0.15) is 19.3 Å². The first-order valence-electron chi connectivity index (χ1n) is 3.12. The number of nitrogens with two attached hydrogens (primary N) is 1. The second-order valence-corrected chi connectivity index (χ2v) is 2.35. The third kappa shape index (κ3) is 0.892. The third-order valence-corrected chi connectivity index (χ3v) is 1.78. The molecule has 1 rings (SSSR count). The maximum Gasteiger partial charge on any atom is 0.0133 e. The number of hydrogen-bond acceptors (Lipinski definition) is 2. The van der Waals surface area contributed by atoms with Gasteiger partial charge in [0.05, 0.1) is 0 Å². The van der Waals surface area contributed by atoms with Gasteiger partial charge in [0.15, 0.2) is 0 Å². The molecule has 0 saturated heterocycles. The second-order valence-electron chi connectivity index (χ2n) is 2.35. The SMILES string of the molecule is N=C1CCCC1CN. The van der Waals surface area contributed by atoms with Crippen LogP contribution in [0.25, 0.3) is 0 Å². The van der Waals surface area contributed by atoms with E-state index < -0.39 is 0 Å². The predicted molar refractivity (Wildman–Crippen MR) is 34.1 cm³/mol. The highest BCUT2D eigenvalue weighted by molar-refractivity contribution is 5.85. The van der Waals surface area contributed by atoms with Gasteiger partial charge < -0.3 is 11.1 Å². The Kier molecular flexibility index (Phi) is 1.63. The van der Waals surface area contributed by atoms with Crippen molar-refractivity contribution in [3.63, 3.8) is 0 Å². The lowest BCUT2D eigenvalue weighted by Crippen LogP contribution is -2.17. The normalized spacial score (nSPS) is 29.1. The summed E-state index contributed by atoms with van der Waals surface area (Å²) in [4.78, 5) is 0. The third-order valence-electron chi connectivity index (χ3n) is 1.78. The first-order chi connectivity index (χ1) is 3.84. The monoisotopic (exact) mass is 112 g/mol. The van der Waals surface area contributed by atoms with Crippen LogP contribution in [0.4, 0.5) is 0 Å². The van der Waals surface area contributed by atoms with E-state index in [0.717, 1.165) is 18.6 Å². The van der Waals surface area contributed by atoms with Crippen LogP contribution in [-0.4, -0.2) is 12.3 Å². The average molecular weight is 112 g/mol. The van der Waals surface area contributed by atoms with Crippen LogP contribution in [-0.2, 0) is 0 Å². The summed E-state index contributed by atoms with van der Waals surface area (Å²) < 4.78 is 0. The lowest BCUT2D eigenvalue weighted by atomic mass is 10.1. The van der Waals surface area contributed by atoms with Crippen molar-refractivity contribution in [2.24, 2.45) is 11.7 Å². The van der Waals surface area contributed by atoms with Crippen LogP contribution in [0.15, 0.2) is 0 Å². The molecule has 0 aromatic carbocycles. The summed E-state index contributed by atoms with van der Waals surface area (Å²) in [6, 6.07) is 0. The van der Waals surface area contributed by atoms with E-state index in [-0.39, 0.29) is 0 Å². The fourth-order valence-corrected chi connectivity index (χ4v) is 1.18. The molecular weight excluding hydrogens is 100 g/mol. The zero-order valence-electron chi connectivity index (χ0n) is 4.98. The molecule has 2 nitrogen and oxygen atoms in total. The molecule has 3 N–H and O–H groups in total. The van der Waals surface area contributed by atoms with E-state index in [0.29, 0.717) is 12.5 Å². The molecule has 0 aromatic rings. The first kappa shape index (κ1) is 5.76.